The van der Waals surface area contributed by atoms with E-state index < -0.39 is 17.7 Å². The van der Waals surface area contributed by atoms with Gasteiger partial charge in [0.15, 0.2) is 6.17 Å². The highest BCUT2D eigenvalue weighted by atomic mass is 127. The fourth-order valence-corrected chi connectivity index (χ4v) is 6.62. The van der Waals surface area contributed by atoms with E-state index in [1.165, 1.54) is 7.11 Å². The molecule has 0 radical (unpaired) electrons. The number of fused-ring (bicyclic) bond motifs is 6. The molecule has 3 aliphatic heterocycles. The number of Topliss-reactive ketones (excluding diaryl/α,β-unsaturated/α-hetero) is 1. The highest BCUT2D eigenvalue weighted by Gasteiger charge is 2.64. The van der Waals surface area contributed by atoms with E-state index >= 15 is 0 Å². The number of carbonyl (C=O) groups is 2. The number of carbonyl (C=O) groups excluding carboxylic acids is 2. The Morgan fingerprint density at radius 2 is 2.03 bits per heavy atom. The minimum Gasteiger partial charge on any atom is -1.00 e. The van der Waals surface area contributed by atoms with Crippen LogP contribution in [0.2, 0.25) is 0 Å². The number of halogens is 1. The zero-order chi connectivity index (χ0) is 20.6. The first-order valence-electron chi connectivity index (χ1n) is 10.6. The van der Waals surface area contributed by atoms with Crippen LogP contribution in [0.3, 0.4) is 0 Å². The number of methoxy groups -OCH3 is 1. The largest absolute Gasteiger partial charge is 1.00 e. The molecule has 7 atom stereocenters. The van der Waals surface area contributed by atoms with Crippen molar-refractivity contribution in [1.82, 2.24) is 0 Å². The SMILES string of the molecule is COC(=O)[C@@H]1[C@H]2C[C@H]3N4c5ccccc5C(=O)[C@]4(O)CC[N@@+]3(C)C[C@@H]2CC[C@H]1O.[I-]. The van der Waals surface area contributed by atoms with Crippen molar-refractivity contribution in [2.24, 2.45) is 17.8 Å². The van der Waals surface area contributed by atoms with Gasteiger partial charge < -0.3 is 43.4 Å². The number of benzene rings is 1. The molecule has 1 aliphatic carbocycles. The van der Waals surface area contributed by atoms with Crippen LogP contribution in [0.4, 0.5) is 5.69 Å². The molecular weight excluding hydrogens is 499 g/mol. The Balaban J connectivity index is 0.00000218. The van der Waals surface area contributed by atoms with Crippen molar-refractivity contribution in [2.75, 3.05) is 32.1 Å². The molecule has 5 rings (SSSR count). The summed E-state index contributed by atoms with van der Waals surface area (Å²) in [5, 5.41) is 22.0. The molecule has 1 aromatic carbocycles. The van der Waals surface area contributed by atoms with Gasteiger partial charge in [-0.2, -0.15) is 0 Å². The third-order valence-corrected chi connectivity index (χ3v) is 8.08. The third kappa shape index (κ3) is 2.87. The third-order valence-electron chi connectivity index (χ3n) is 8.08. The predicted molar refractivity (Wildman–Crippen MR) is 105 cm³/mol. The van der Waals surface area contributed by atoms with Gasteiger partial charge in [-0.25, -0.2) is 0 Å². The Bertz CT molecular complexity index is 881. The van der Waals surface area contributed by atoms with Crippen LogP contribution >= 0.6 is 0 Å². The summed E-state index contributed by atoms with van der Waals surface area (Å²) >= 11 is 0. The van der Waals surface area contributed by atoms with Gasteiger partial charge in [-0.05, 0) is 30.9 Å². The second-order valence-corrected chi connectivity index (χ2v) is 9.50. The molecule has 4 aliphatic rings. The van der Waals surface area contributed by atoms with E-state index in [0.717, 1.165) is 23.1 Å². The van der Waals surface area contributed by atoms with Crippen LogP contribution in [-0.2, 0) is 9.53 Å². The van der Waals surface area contributed by atoms with Crippen LogP contribution < -0.4 is 28.9 Å². The average molecular weight is 528 g/mol. The number of para-hydroxylation sites is 1. The molecule has 0 unspecified atom stereocenters. The highest BCUT2D eigenvalue weighted by molar-refractivity contribution is 6.13. The quantitative estimate of drug-likeness (QED) is 0.253. The van der Waals surface area contributed by atoms with Crippen molar-refractivity contribution in [2.45, 2.75) is 43.7 Å². The van der Waals surface area contributed by atoms with Gasteiger partial charge in [-0.3, -0.25) is 14.5 Å². The van der Waals surface area contributed by atoms with Gasteiger partial charge in [-0.1, -0.05) is 12.1 Å². The number of nitrogens with zero attached hydrogens (tertiary/aromatic N) is 2. The van der Waals surface area contributed by atoms with Gasteiger partial charge >= 0.3 is 5.97 Å². The van der Waals surface area contributed by atoms with E-state index in [1.54, 1.807) is 6.07 Å². The summed E-state index contributed by atoms with van der Waals surface area (Å²) in [6, 6.07) is 7.41. The number of aliphatic hydroxyl groups is 2. The standard InChI is InChI=1S/C22H29N2O5.HI/c1-24-10-9-22(28)20(26)14-5-3-4-6-16(14)23(22)18(24)11-15-13(12-24)7-8-17(25)19(15)21(27)29-2;/h3-6,13,15,17-19,25,28H,7-12H2,1-2H3;1H/q+1;/p-1/t13-,15-,17+,18-,19+,22+,24-;/m0./s1. The second kappa shape index (κ2) is 7.43. The maximum Gasteiger partial charge on any atom is 0.311 e. The van der Waals surface area contributed by atoms with Gasteiger partial charge in [-0.15, -0.1) is 0 Å². The molecule has 30 heavy (non-hydrogen) atoms. The lowest BCUT2D eigenvalue weighted by Crippen LogP contribution is -3.00. The molecule has 0 bridgehead atoms. The topological polar surface area (TPSA) is 87.1 Å². The van der Waals surface area contributed by atoms with Crippen LogP contribution in [0.25, 0.3) is 0 Å². The number of quaternary nitrogens is 1. The van der Waals surface area contributed by atoms with Crippen molar-refractivity contribution in [3.05, 3.63) is 29.8 Å². The van der Waals surface area contributed by atoms with Crippen LogP contribution in [0.15, 0.2) is 24.3 Å². The fraction of sp³-hybridized carbons (Fsp3) is 0.636. The Kier molecular flexibility index (Phi) is 5.44. The number of ketones is 1. The van der Waals surface area contributed by atoms with Crippen LogP contribution in [-0.4, -0.2) is 71.7 Å². The van der Waals surface area contributed by atoms with E-state index in [9.17, 15) is 19.8 Å². The summed E-state index contributed by atoms with van der Waals surface area (Å²) in [5.74, 6) is -0.825. The molecule has 3 fully saturated rings. The Morgan fingerprint density at radius 3 is 2.77 bits per heavy atom. The van der Waals surface area contributed by atoms with Gasteiger partial charge in [0.25, 0.3) is 0 Å². The van der Waals surface area contributed by atoms with E-state index in [1.807, 2.05) is 23.1 Å². The van der Waals surface area contributed by atoms with Crippen LogP contribution in [0.1, 0.15) is 36.0 Å². The van der Waals surface area contributed by atoms with E-state index in [-0.39, 0.29) is 47.8 Å². The molecule has 0 amide bonds. The number of ether oxygens (including phenoxy) is 1. The zero-order valence-corrected chi connectivity index (χ0v) is 19.5. The average Bonchev–Trinajstić information content (AvgIpc) is 2.94. The van der Waals surface area contributed by atoms with Gasteiger partial charge in [0.1, 0.15) is 0 Å². The summed E-state index contributed by atoms with van der Waals surface area (Å²) in [5.41, 5.74) is -0.176. The predicted octanol–water partition coefficient (Wildman–Crippen LogP) is -1.86. The van der Waals surface area contributed by atoms with E-state index in [4.69, 9.17) is 4.74 Å². The Hall–Kier alpha value is -1.23. The van der Waals surface area contributed by atoms with Gasteiger partial charge in [0, 0.05) is 17.9 Å². The molecule has 1 saturated carbocycles. The number of piperidine rings is 1. The summed E-state index contributed by atoms with van der Waals surface area (Å²) in [6.45, 7) is 1.59. The first-order valence-corrected chi connectivity index (χ1v) is 10.6. The van der Waals surface area contributed by atoms with E-state index in [2.05, 4.69) is 7.05 Å². The fourth-order valence-electron chi connectivity index (χ4n) is 6.62. The minimum atomic E-state index is -1.52. The summed E-state index contributed by atoms with van der Waals surface area (Å²) in [7, 11) is 3.57. The molecule has 7 nitrogen and oxygen atoms in total. The molecule has 3 heterocycles. The smallest absolute Gasteiger partial charge is 0.311 e. The summed E-state index contributed by atoms with van der Waals surface area (Å²) in [6.07, 6.45) is 1.71. The van der Waals surface area contributed by atoms with Crippen molar-refractivity contribution >= 4 is 17.4 Å². The Labute approximate surface area is 193 Å². The van der Waals surface area contributed by atoms with Gasteiger partial charge in [0.05, 0.1) is 51.4 Å². The maximum absolute atomic E-state index is 13.1. The first-order chi connectivity index (χ1) is 13.8. The monoisotopic (exact) mass is 528 g/mol. The number of rotatable bonds is 1. The number of hydrogen-bond acceptors (Lipinski definition) is 6. The van der Waals surface area contributed by atoms with Crippen LogP contribution in [0, 0.1) is 17.8 Å². The maximum atomic E-state index is 13.1. The number of esters is 1. The lowest BCUT2D eigenvalue weighted by molar-refractivity contribution is -0.949. The molecular formula is C22H29IN2O5. The number of hydrogen-bond donors (Lipinski definition) is 2. The van der Waals surface area contributed by atoms with Crippen molar-refractivity contribution in [3.8, 4) is 0 Å². The summed E-state index contributed by atoms with van der Waals surface area (Å²) in [4.78, 5) is 27.5. The van der Waals surface area contributed by atoms with Crippen molar-refractivity contribution in [1.29, 1.82) is 0 Å². The zero-order valence-electron chi connectivity index (χ0n) is 17.3. The second-order valence-electron chi connectivity index (χ2n) is 9.50. The van der Waals surface area contributed by atoms with Gasteiger partial charge in [0.2, 0.25) is 11.5 Å². The summed E-state index contributed by atoms with van der Waals surface area (Å²) < 4.78 is 5.77. The molecule has 0 aromatic heterocycles. The first kappa shape index (κ1) is 22.0. The molecule has 164 valence electrons. The normalized spacial score (nSPS) is 41.7. The molecule has 2 saturated heterocycles. The molecule has 0 spiro atoms. The van der Waals surface area contributed by atoms with Crippen LogP contribution in [0.5, 0.6) is 0 Å². The highest BCUT2D eigenvalue weighted by Crippen LogP contribution is 2.52. The lowest BCUT2D eigenvalue weighted by Gasteiger charge is -2.60. The van der Waals surface area contributed by atoms with Crippen molar-refractivity contribution in [3.63, 3.8) is 0 Å². The molecule has 1 aromatic rings. The minimum absolute atomic E-state index is 0. The Morgan fingerprint density at radius 1 is 1.30 bits per heavy atom. The lowest BCUT2D eigenvalue weighted by atomic mass is 9.65. The number of aliphatic hydroxyl groups excluding tert-OH is 1. The molecule has 2 N–H and O–H groups in total. The van der Waals surface area contributed by atoms with E-state index in [0.29, 0.717) is 37.3 Å². The van der Waals surface area contributed by atoms with Crippen molar-refractivity contribution < 1.29 is 53.0 Å². The number of anilines is 1. The molecule has 8 heteroatoms.